The molecular weight excluding hydrogens is 929 g/mol. The van der Waals surface area contributed by atoms with Gasteiger partial charge in [-0.2, -0.15) is 0 Å². The van der Waals surface area contributed by atoms with Crippen LogP contribution in [0.2, 0.25) is 0 Å². The zero-order chi connectivity index (χ0) is 51.6. The van der Waals surface area contributed by atoms with Gasteiger partial charge in [-0.15, -0.1) is 0 Å². The molecule has 0 fully saturated rings. The molecule has 2 nitrogen and oxygen atoms in total. The predicted octanol–water partition coefficient (Wildman–Crippen LogP) is 19.9. The van der Waals surface area contributed by atoms with Crippen LogP contribution >= 0.6 is 0 Å². The molecule has 77 heavy (non-hydrogen) atoms. The van der Waals surface area contributed by atoms with E-state index in [9.17, 15) is 0 Å². The molecule has 0 heterocycles. The normalized spacial score (nSPS) is 14.5. The Hall–Kier alpha value is -9.24. The lowest BCUT2D eigenvalue weighted by Crippen LogP contribution is -2.29. The quantitative estimate of drug-likeness (QED) is 0.140. The molecule has 0 atom stereocenters. The Morgan fingerprint density at radius 3 is 1.13 bits per heavy atom. The number of rotatable bonds is 8. The molecular formula is C75H56N2. The van der Waals surface area contributed by atoms with Crippen LogP contribution in [0.15, 0.2) is 267 Å². The lowest BCUT2D eigenvalue weighted by molar-refractivity contribution is 0.660. The number of para-hydroxylation sites is 2. The summed E-state index contributed by atoms with van der Waals surface area (Å²) in [4.78, 5) is 4.93. The SMILES string of the molecule is CC1(C)c2ccccc2-c2ccc(N(c3ccccc3)c3ccc4c(c3)C(c3ccccc3)(c3ccccc3)c3c-4c4ccccc4c4cc(N(c5ccccc5)c5ccc6c(c5)C(C)(C)c5ccccc5-6)ccc34)cc21. The van der Waals surface area contributed by atoms with E-state index in [1.54, 1.807) is 0 Å². The molecule has 12 aromatic carbocycles. The largest absolute Gasteiger partial charge is 0.310 e. The first-order valence-electron chi connectivity index (χ1n) is 27.2. The molecule has 366 valence electrons. The van der Waals surface area contributed by atoms with Crippen molar-refractivity contribution in [3.63, 3.8) is 0 Å². The summed E-state index contributed by atoms with van der Waals surface area (Å²) >= 11 is 0. The summed E-state index contributed by atoms with van der Waals surface area (Å²) in [5.41, 5.74) is 24.1. The van der Waals surface area contributed by atoms with E-state index in [0.717, 1.165) is 34.1 Å². The fourth-order valence-corrected chi connectivity index (χ4v) is 14.2. The Morgan fingerprint density at radius 1 is 0.247 bits per heavy atom. The zero-order valence-corrected chi connectivity index (χ0v) is 43.8. The molecule has 3 aliphatic rings. The van der Waals surface area contributed by atoms with Gasteiger partial charge in [-0.3, -0.25) is 0 Å². The average molecular weight is 985 g/mol. The molecule has 3 aliphatic carbocycles. The van der Waals surface area contributed by atoms with Crippen LogP contribution in [0, 0.1) is 0 Å². The number of hydrogen-bond acceptors (Lipinski definition) is 2. The smallest absolute Gasteiger partial charge is 0.0720 e. The second-order valence-corrected chi connectivity index (χ2v) is 22.4. The van der Waals surface area contributed by atoms with Crippen molar-refractivity contribution >= 4 is 55.7 Å². The Bertz CT molecular complexity index is 4290. The van der Waals surface area contributed by atoms with E-state index >= 15 is 0 Å². The van der Waals surface area contributed by atoms with E-state index < -0.39 is 5.41 Å². The summed E-state index contributed by atoms with van der Waals surface area (Å²) in [5, 5.41) is 4.95. The Morgan fingerprint density at radius 2 is 0.623 bits per heavy atom. The highest BCUT2D eigenvalue weighted by molar-refractivity contribution is 6.20. The molecule has 0 aromatic heterocycles. The highest BCUT2D eigenvalue weighted by atomic mass is 15.1. The van der Waals surface area contributed by atoms with Gasteiger partial charge < -0.3 is 9.80 Å². The second-order valence-electron chi connectivity index (χ2n) is 22.4. The van der Waals surface area contributed by atoms with Crippen LogP contribution in [0.25, 0.3) is 54.9 Å². The van der Waals surface area contributed by atoms with Crippen LogP contribution in [0.3, 0.4) is 0 Å². The van der Waals surface area contributed by atoms with Gasteiger partial charge in [0.05, 0.1) is 5.41 Å². The van der Waals surface area contributed by atoms with E-state index in [1.165, 1.54) is 99.4 Å². The lowest BCUT2D eigenvalue weighted by atomic mass is 9.66. The van der Waals surface area contributed by atoms with Gasteiger partial charge in [-0.25, -0.2) is 0 Å². The minimum atomic E-state index is -0.698. The van der Waals surface area contributed by atoms with Crippen LogP contribution in [-0.2, 0) is 16.2 Å². The zero-order valence-electron chi connectivity index (χ0n) is 43.8. The molecule has 0 unspecified atom stereocenters. The number of hydrogen-bond donors (Lipinski definition) is 0. The van der Waals surface area contributed by atoms with Gasteiger partial charge in [-0.1, -0.05) is 222 Å². The highest BCUT2D eigenvalue weighted by Gasteiger charge is 2.49. The van der Waals surface area contributed by atoms with Crippen molar-refractivity contribution in [1.29, 1.82) is 0 Å². The van der Waals surface area contributed by atoms with E-state index in [1.807, 2.05) is 0 Å². The maximum Gasteiger partial charge on any atom is 0.0720 e. The molecule has 0 bridgehead atoms. The first kappa shape index (κ1) is 45.2. The molecule has 0 N–H and O–H groups in total. The Kier molecular flexibility index (Phi) is 9.91. The van der Waals surface area contributed by atoms with Crippen LogP contribution in [0.5, 0.6) is 0 Å². The van der Waals surface area contributed by atoms with Crippen molar-refractivity contribution in [3.05, 3.63) is 311 Å². The van der Waals surface area contributed by atoms with E-state index in [-0.39, 0.29) is 10.8 Å². The van der Waals surface area contributed by atoms with Gasteiger partial charge in [-0.05, 0) is 172 Å². The third-order valence-electron chi connectivity index (χ3n) is 17.7. The third kappa shape index (κ3) is 6.49. The fraction of sp³-hybridized carbons (Fsp3) is 0.0933. The minimum Gasteiger partial charge on any atom is -0.310 e. The van der Waals surface area contributed by atoms with E-state index in [4.69, 9.17) is 0 Å². The predicted molar refractivity (Wildman–Crippen MR) is 323 cm³/mol. The molecule has 0 aliphatic heterocycles. The topological polar surface area (TPSA) is 6.48 Å². The summed E-state index contributed by atoms with van der Waals surface area (Å²) in [6.07, 6.45) is 0. The first-order valence-corrected chi connectivity index (χ1v) is 27.2. The van der Waals surface area contributed by atoms with Crippen molar-refractivity contribution < 1.29 is 0 Å². The van der Waals surface area contributed by atoms with Crippen molar-refractivity contribution in [2.75, 3.05) is 9.80 Å². The van der Waals surface area contributed by atoms with Gasteiger partial charge >= 0.3 is 0 Å². The van der Waals surface area contributed by atoms with Gasteiger partial charge in [0, 0.05) is 45.0 Å². The van der Waals surface area contributed by atoms with Gasteiger partial charge in [0.1, 0.15) is 0 Å². The number of fused-ring (bicyclic) bond motifs is 14. The summed E-state index contributed by atoms with van der Waals surface area (Å²) < 4.78 is 0. The highest BCUT2D eigenvalue weighted by Crippen LogP contribution is 2.62. The monoisotopic (exact) mass is 984 g/mol. The maximum absolute atomic E-state index is 2.52. The number of nitrogens with zero attached hydrogens (tertiary/aromatic N) is 2. The standard InChI is InChI=1S/C75H56N2/c1-73(2)66-35-21-19-32-58(66)60-41-37-54(46-68(60)73)76(51-27-13-7-14-28-51)53-39-43-63-65(45-53)57-31-17-18-34-62(57)71-64-44-40-56(48-70(64)75(72(63)71,49-23-9-5-10-24-49)50-25-11-6-12-26-50)77(52-29-15-8-16-30-52)55-38-42-61-59-33-20-22-36-67(59)74(3,4)69(61)47-55/h5-48H,1-4H3. The number of benzene rings is 12. The van der Waals surface area contributed by atoms with Crippen LogP contribution in [-0.4, -0.2) is 0 Å². The summed E-state index contributed by atoms with van der Waals surface area (Å²) in [5.74, 6) is 0. The molecule has 15 rings (SSSR count). The molecule has 12 aromatic rings. The molecule has 2 heteroatoms. The van der Waals surface area contributed by atoms with Crippen molar-refractivity contribution in [2.24, 2.45) is 0 Å². The van der Waals surface area contributed by atoms with Crippen molar-refractivity contribution in [1.82, 2.24) is 0 Å². The lowest BCUT2D eigenvalue weighted by Gasteiger charge is -2.36. The van der Waals surface area contributed by atoms with Gasteiger partial charge in [0.2, 0.25) is 0 Å². The molecule has 0 spiro atoms. The molecule has 0 amide bonds. The van der Waals surface area contributed by atoms with E-state index in [2.05, 4.69) is 304 Å². The maximum atomic E-state index is 2.52. The third-order valence-corrected chi connectivity index (χ3v) is 17.7. The summed E-state index contributed by atoms with van der Waals surface area (Å²) in [6, 6.07) is 100. The average Bonchev–Trinajstić information content (AvgIpc) is 4.13. The van der Waals surface area contributed by atoms with Gasteiger partial charge in [0.15, 0.2) is 0 Å². The van der Waals surface area contributed by atoms with Crippen molar-refractivity contribution in [2.45, 2.75) is 43.9 Å². The van der Waals surface area contributed by atoms with Gasteiger partial charge in [0.25, 0.3) is 0 Å². The molecule has 0 saturated carbocycles. The fourth-order valence-electron chi connectivity index (χ4n) is 14.2. The van der Waals surface area contributed by atoms with Crippen LogP contribution < -0.4 is 9.80 Å². The Balaban J connectivity index is 0.983. The number of anilines is 6. The minimum absolute atomic E-state index is 0.139. The molecule has 0 radical (unpaired) electrons. The Labute approximate surface area is 451 Å². The second kappa shape index (κ2) is 16.9. The van der Waals surface area contributed by atoms with Crippen molar-refractivity contribution in [3.8, 4) is 33.4 Å². The first-order chi connectivity index (χ1) is 37.7. The van der Waals surface area contributed by atoms with Crippen LogP contribution in [0.1, 0.15) is 72.2 Å². The van der Waals surface area contributed by atoms with Crippen LogP contribution in [0.4, 0.5) is 34.1 Å². The summed E-state index contributed by atoms with van der Waals surface area (Å²) in [6.45, 7) is 9.49. The van der Waals surface area contributed by atoms with E-state index in [0.29, 0.717) is 0 Å². The summed E-state index contributed by atoms with van der Waals surface area (Å²) in [7, 11) is 0. The molecule has 0 saturated heterocycles.